The van der Waals surface area contributed by atoms with E-state index in [0.717, 1.165) is 19.3 Å². The number of halogens is 2. The molecule has 1 amide bonds. The Kier molecular flexibility index (Phi) is 6.09. The average Bonchev–Trinajstić information content (AvgIpc) is 2.65. The Labute approximate surface area is 143 Å². The number of carboxylic acid groups (broad SMARTS) is 1. The Balaban J connectivity index is 1.99. The highest BCUT2D eigenvalue weighted by atomic mass is 35.5. The van der Waals surface area contributed by atoms with Crippen LogP contribution in [0.15, 0.2) is 6.07 Å². The van der Waals surface area contributed by atoms with E-state index in [9.17, 15) is 9.59 Å². The normalized spacial score (nSPS) is 19.3. The van der Waals surface area contributed by atoms with Gasteiger partial charge in [-0.1, -0.05) is 23.2 Å². The summed E-state index contributed by atoms with van der Waals surface area (Å²) in [5.74, 6) is -0.936. The maximum atomic E-state index is 12.5. The molecular weight excluding hydrogens is 347 g/mol. The SMILES string of the molecule is CN(CC(=O)O)[C@H]1CCCN(C(=O)c2cc(Cl)sc2Cl)CC1. The van der Waals surface area contributed by atoms with Crippen LogP contribution >= 0.6 is 34.5 Å². The topological polar surface area (TPSA) is 60.9 Å². The van der Waals surface area contributed by atoms with Crippen LogP contribution in [0, 0.1) is 0 Å². The minimum absolute atomic E-state index is 0.0184. The van der Waals surface area contributed by atoms with Gasteiger partial charge in [-0.25, -0.2) is 0 Å². The molecule has 0 aliphatic carbocycles. The number of nitrogens with zero attached hydrogens (tertiary/aromatic N) is 2. The van der Waals surface area contributed by atoms with Crippen LogP contribution < -0.4 is 0 Å². The second-order valence-electron chi connectivity index (χ2n) is 5.42. The van der Waals surface area contributed by atoms with Gasteiger partial charge in [-0.2, -0.15) is 0 Å². The summed E-state index contributed by atoms with van der Waals surface area (Å²) < 4.78 is 0.918. The predicted molar refractivity (Wildman–Crippen MR) is 88.1 cm³/mol. The van der Waals surface area contributed by atoms with Crippen molar-refractivity contribution in [2.45, 2.75) is 25.3 Å². The first-order chi connectivity index (χ1) is 10.4. The highest BCUT2D eigenvalue weighted by Crippen LogP contribution is 2.32. The van der Waals surface area contributed by atoms with Crippen LogP contribution in [-0.2, 0) is 4.79 Å². The van der Waals surface area contributed by atoms with E-state index in [-0.39, 0.29) is 18.5 Å². The fourth-order valence-corrected chi connectivity index (χ4v) is 4.17. The molecule has 1 saturated heterocycles. The van der Waals surface area contributed by atoms with Crippen molar-refractivity contribution in [3.05, 3.63) is 20.3 Å². The van der Waals surface area contributed by atoms with Crippen LogP contribution in [-0.4, -0.2) is 59.5 Å². The van der Waals surface area contributed by atoms with E-state index in [0.29, 0.717) is 27.3 Å². The number of rotatable bonds is 4. The third-order valence-corrected chi connectivity index (χ3v) is 5.37. The van der Waals surface area contributed by atoms with Crippen LogP contribution in [0.4, 0.5) is 0 Å². The van der Waals surface area contributed by atoms with Crippen molar-refractivity contribution in [1.82, 2.24) is 9.80 Å². The van der Waals surface area contributed by atoms with Crippen LogP contribution in [0.3, 0.4) is 0 Å². The van der Waals surface area contributed by atoms with Crippen molar-refractivity contribution < 1.29 is 14.7 Å². The molecule has 5 nitrogen and oxygen atoms in total. The number of amides is 1. The smallest absolute Gasteiger partial charge is 0.317 e. The Morgan fingerprint density at radius 3 is 2.73 bits per heavy atom. The number of thiophene rings is 1. The van der Waals surface area contributed by atoms with Gasteiger partial charge in [0.2, 0.25) is 0 Å². The van der Waals surface area contributed by atoms with E-state index in [4.69, 9.17) is 28.3 Å². The summed E-state index contributed by atoms with van der Waals surface area (Å²) in [6.45, 7) is 1.27. The molecule has 1 aliphatic rings. The summed E-state index contributed by atoms with van der Waals surface area (Å²) in [7, 11) is 1.81. The van der Waals surface area contributed by atoms with Gasteiger partial charge < -0.3 is 10.0 Å². The third-order valence-electron chi connectivity index (χ3n) is 3.88. The van der Waals surface area contributed by atoms with Gasteiger partial charge in [-0.15, -0.1) is 11.3 Å². The van der Waals surface area contributed by atoms with Gasteiger partial charge in [-0.3, -0.25) is 14.5 Å². The molecule has 0 radical (unpaired) electrons. The molecule has 1 atom stereocenters. The van der Waals surface area contributed by atoms with Gasteiger partial charge in [-0.05, 0) is 32.4 Å². The second-order valence-corrected chi connectivity index (χ2v) is 7.71. The minimum Gasteiger partial charge on any atom is -0.480 e. The van der Waals surface area contributed by atoms with Crippen molar-refractivity contribution >= 4 is 46.4 Å². The van der Waals surface area contributed by atoms with E-state index >= 15 is 0 Å². The summed E-state index contributed by atoms with van der Waals surface area (Å²) in [4.78, 5) is 26.9. The molecule has 1 aromatic heterocycles. The molecule has 0 aromatic carbocycles. The molecule has 8 heteroatoms. The first-order valence-electron chi connectivity index (χ1n) is 7.04. The number of carbonyl (C=O) groups excluding carboxylic acids is 1. The largest absolute Gasteiger partial charge is 0.480 e. The first-order valence-corrected chi connectivity index (χ1v) is 8.62. The molecule has 0 spiro atoms. The zero-order valence-electron chi connectivity index (χ0n) is 12.2. The van der Waals surface area contributed by atoms with Gasteiger partial charge >= 0.3 is 5.97 Å². The van der Waals surface area contributed by atoms with Crippen LogP contribution in [0.1, 0.15) is 29.6 Å². The molecule has 122 valence electrons. The number of likely N-dealkylation sites (N-methyl/N-ethyl adjacent to an activating group) is 1. The summed E-state index contributed by atoms with van der Waals surface area (Å²) in [6, 6.07) is 1.78. The molecule has 1 N–H and O–H groups in total. The second kappa shape index (κ2) is 7.64. The molecule has 0 saturated carbocycles. The van der Waals surface area contributed by atoms with Gasteiger partial charge in [0, 0.05) is 19.1 Å². The highest BCUT2D eigenvalue weighted by Gasteiger charge is 2.26. The van der Waals surface area contributed by atoms with Gasteiger partial charge in [0.05, 0.1) is 16.4 Å². The fourth-order valence-electron chi connectivity index (χ4n) is 2.72. The van der Waals surface area contributed by atoms with Gasteiger partial charge in [0.1, 0.15) is 4.34 Å². The van der Waals surface area contributed by atoms with Crippen molar-refractivity contribution in [3.8, 4) is 0 Å². The van der Waals surface area contributed by atoms with E-state index in [1.807, 2.05) is 11.9 Å². The molecule has 1 aromatic rings. The van der Waals surface area contributed by atoms with Gasteiger partial charge in [0.15, 0.2) is 0 Å². The van der Waals surface area contributed by atoms with Crippen LogP contribution in [0.2, 0.25) is 8.67 Å². The zero-order valence-corrected chi connectivity index (χ0v) is 14.5. The average molecular weight is 365 g/mol. The quantitative estimate of drug-likeness (QED) is 0.891. The third kappa shape index (κ3) is 4.35. The zero-order chi connectivity index (χ0) is 16.3. The molecular formula is C14H18Cl2N2O3S. The Bertz CT molecular complexity index is 564. The Hall–Kier alpha value is -0.820. The number of hydrogen-bond acceptors (Lipinski definition) is 4. The van der Waals surface area contributed by atoms with Crippen molar-refractivity contribution in [2.24, 2.45) is 0 Å². The molecule has 2 rings (SSSR count). The molecule has 2 heterocycles. The standard InChI is InChI=1S/C14H18Cl2N2O3S/c1-17(8-12(19)20)9-3-2-5-18(6-4-9)14(21)10-7-11(15)22-13(10)16/h7,9H,2-6,8H2,1H3,(H,19,20)/t9-/m0/s1. The molecule has 0 bridgehead atoms. The summed E-state index contributed by atoms with van der Waals surface area (Å²) in [5, 5.41) is 8.87. The monoisotopic (exact) mass is 364 g/mol. The van der Waals surface area contributed by atoms with E-state index in [1.54, 1.807) is 11.0 Å². The number of carboxylic acids is 1. The van der Waals surface area contributed by atoms with Crippen molar-refractivity contribution in [1.29, 1.82) is 0 Å². The highest BCUT2D eigenvalue weighted by molar-refractivity contribution is 7.20. The predicted octanol–water partition coefficient (Wildman–Crippen LogP) is 3.07. The molecule has 1 aliphatic heterocycles. The molecule has 22 heavy (non-hydrogen) atoms. The lowest BCUT2D eigenvalue weighted by atomic mass is 10.1. The summed E-state index contributed by atoms with van der Waals surface area (Å²) >= 11 is 13.1. The lowest BCUT2D eigenvalue weighted by molar-refractivity contribution is -0.138. The summed E-state index contributed by atoms with van der Waals surface area (Å²) in [5.41, 5.74) is 0.453. The minimum atomic E-state index is -0.834. The van der Waals surface area contributed by atoms with Gasteiger partial charge in [0.25, 0.3) is 5.91 Å². The van der Waals surface area contributed by atoms with E-state index < -0.39 is 5.97 Å². The fraction of sp³-hybridized carbons (Fsp3) is 0.571. The Morgan fingerprint density at radius 2 is 2.14 bits per heavy atom. The molecule has 1 fully saturated rings. The molecule has 0 unspecified atom stereocenters. The maximum Gasteiger partial charge on any atom is 0.317 e. The first kappa shape index (κ1) is 17.5. The number of likely N-dealkylation sites (tertiary alicyclic amines) is 1. The number of hydrogen-bond donors (Lipinski definition) is 1. The summed E-state index contributed by atoms with van der Waals surface area (Å²) in [6.07, 6.45) is 2.48. The number of carbonyl (C=O) groups is 2. The van der Waals surface area contributed by atoms with Crippen LogP contribution in [0.25, 0.3) is 0 Å². The number of aliphatic carboxylic acids is 1. The van der Waals surface area contributed by atoms with Crippen molar-refractivity contribution in [2.75, 3.05) is 26.7 Å². The van der Waals surface area contributed by atoms with E-state index in [2.05, 4.69) is 0 Å². The maximum absolute atomic E-state index is 12.5. The Morgan fingerprint density at radius 1 is 1.41 bits per heavy atom. The van der Waals surface area contributed by atoms with Crippen molar-refractivity contribution in [3.63, 3.8) is 0 Å². The lowest BCUT2D eigenvalue weighted by Crippen LogP contribution is -2.37. The van der Waals surface area contributed by atoms with E-state index in [1.165, 1.54) is 11.3 Å². The van der Waals surface area contributed by atoms with Crippen LogP contribution in [0.5, 0.6) is 0 Å². The lowest BCUT2D eigenvalue weighted by Gasteiger charge is -2.25.